The number of fused-ring (bicyclic) bond motifs is 2. The van der Waals surface area contributed by atoms with Gasteiger partial charge in [0.05, 0.1) is 17.6 Å². The van der Waals surface area contributed by atoms with Crippen molar-refractivity contribution in [1.82, 2.24) is 10.3 Å². The molecule has 5 nitrogen and oxygen atoms in total. The summed E-state index contributed by atoms with van der Waals surface area (Å²) in [6.45, 7) is 2.34. The predicted molar refractivity (Wildman–Crippen MR) is 109 cm³/mol. The maximum absolute atomic E-state index is 12.9. The maximum Gasteiger partial charge on any atom is 0.339 e. The topological polar surface area (TPSA) is 68.3 Å². The van der Waals surface area contributed by atoms with Crippen molar-refractivity contribution in [2.45, 2.75) is 32.7 Å². The third-order valence-corrected chi connectivity index (χ3v) is 5.96. The Morgan fingerprint density at radius 1 is 1.25 bits per heavy atom. The van der Waals surface area contributed by atoms with Crippen LogP contribution in [-0.4, -0.2) is 23.5 Å². The molecular weight excluding hydrogens is 372 g/mol. The van der Waals surface area contributed by atoms with Crippen LogP contribution in [0, 0.1) is 5.92 Å². The molecule has 1 N–H and O–H groups in total. The summed E-state index contributed by atoms with van der Waals surface area (Å²) in [6.07, 6.45) is 2.74. The molecule has 4 rings (SSSR count). The van der Waals surface area contributed by atoms with Crippen LogP contribution in [0.5, 0.6) is 0 Å². The van der Waals surface area contributed by atoms with Gasteiger partial charge in [-0.1, -0.05) is 31.2 Å². The molecule has 1 atom stereocenters. The van der Waals surface area contributed by atoms with Crippen LogP contribution in [0.1, 0.15) is 39.8 Å². The zero-order chi connectivity index (χ0) is 19.5. The molecule has 0 radical (unpaired) electrons. The van der Waals surface area contributed by atoms with E-state index in [1.54, 1.807) is 11.3 Å². The number of nitrogens with one attached hydrogen (secondary N) is 1. The van der Waals surface area contributed by atoms with Gasteiger partial charge < -0.3 is 10.1 Å². The second kappa shape index (κ2) is 8.10. The smallest absolute Gasteiger partial charge is 0.339 e. The van der Waals surface area contributed by atoms with Crippen LogP contribution in [-0.2, 0) is 28.9 Å². The first-order valence-corrected chi connectivity index (χ1v) is 10.4. The number of ether oxygens (including phenoxy) is 1. The van der Waals surface area contributed by atoms with Crippen molar-refractivity contribution >= 4 is 34.1 Å². The molecule has 0 saturated carbocycles. The molecule has 0 bridgehead atoms. The minimum Gasteiger partial charge on any atom is -0.452 e. The number of aryl methyl sites for hydroxylation is 1. The zero-order valence-corrected chi connectivity index (χ0v) is 16.6. The number of para-hydroxylation sites is 1. The molecule has 2 aromatic heterocycles. The van der Waals surface area contributed by atoms with Gasteiger partial charge in [0.2, 0.25) is 0 Å². The molecule has 28 heavy (non-hydrogen) atoms. The Balaban J connectivity index is 1.53. The number of hydrogen-bond donors (Lipinski definition) is 1. The molecule has 2 heterocycles. The molecule has 144 valence electrons. The van der Waals surface area contributed by atoms with E-state index < -0.39 is 5.97 Å². The second-order valence-electron chi connectivity index (χ2n) is 7.21. The highest BCUT2D eigenvalue weighted by Crippen LogP contribution is 2.31. The SMILES string of the molecule is C[C@@H]1CCc2nc3ccccc3c(C(=O)OCC(=O)NCc3cccs3)c2C1. The molecule has 0 spiro atoms. The molecule has 1 aliphatic rings. The van der Waals surface area contributed by atoms with Crippen molar-refractivity contribution in [2.24, 2.45) is 5.92 Å². The number of thiophene rings is 1. The summed E-state index contributed by atoms with van der Waals surface area (Å²) >= 11 is 1.57. The first-order valence-electron chi connectivity index (χ1n) is 9.48. The Bertz CT molecular complexity index is 1010. The Morgan fingerprint density at radius 2 is 2.11 bits per heavy atom. The molecule has 0 fully saturated rings. The Kier molecular flexibility index (Phi) is 5.39. The van der Waals surface area contributed by atoms with Gasteiger partial charge in [-0.05, 0) is 48.3 Å². The molecule has 0 saturated heterocycles. The first kappa shape index (κ1) is 18.6. The van der Waals surface area contributed by atoms with Gasteiger partial charge in [0, 0.05) is 16.0 Å². The molecular formula is C22H22N2O3S. The zero-order valence-electron chi connectivity index (χ0n) is 15.7. The summed E-state index contributed by atoms with van der Waals surface area (Å²) in [5, 5.41) is 5.53. The van der Waals surface area contributed by atoms with Gasteiger partial charge in [0.25, 0.3) is 5.91 Å². The van der Waals surface area contributed by atoms with E-state index in [0.717, 1.165) is 46.3 Å². The number of nitrogens with zero attached hydrogens (tertiary/aromatic N) is 1. The summed E-state index contributed by atoms with van der Waals surface area (Å²) in [4.78, 5) is 30.8. The van der Waals surface area contributed by atoms with Crippen LogP contribution in [0.3, 0.4) is 0 Å². The van der Waals surface area contributed by atoms with Crippen LogP contribution in [0.15, 0.2) is 41.8 Å². The van der Waals surface area contributed by atoms with Gasteiger partial charge in [-0.3, -0.25) is 9.78 Å². The number of rotatable bonds is 5. The van der Waals surface area contributed by atoms with Crippen molar-refractivity contribution in [3.8, 4) is 0 Å². The fourth-order valence-corrected chi connectivity index (χ4v) is 4.29. The molecule has 1 aromatic carbocycles. The lowest BCUT2D eigenvalue weighted by molar-refractivity contribution is -0.124. The number of aromatic nitrogens is 1. The van der Waals surface area contributed by atoms with Crippen LogP contribution < -0.4 is 5.32 Å². The minimum atomic E-state index is -0.449. The Labute approximate surface area is 167 Å². The van der Waals surface area contributed by atoms with E-state index in [9.17, 15) is 9.59 Å². The quantitative estimate of drug-likeness (QED) is 0.667. The summed E-state index contributed by atoms with van der Waals surface area (Å²) in [6, 6.07) is 11.5. The van der Waals surface area contributed by atoms with Crippen molar-refractivity contribution in [2.75, 3.05) is 6.61 Å². The van der Waals surface area contributed by atoms with Gasteiger partial charge in [0.1, 0.15) is 0 Å². The maximum atomic E-state index is 12.9. The van der Waals surface area contributed by atoms with Crippen molar-refractivity contribution in [1.29, 1.82) is 0 Å². The normalized spacial score (nSPS) is 15.8. The van der Waals surface area contributed by atoms with Crippen LogP contribution >= 0.6 is 11.3 Å². The van der Waals surface area contributed by atoms with E-state index in [2.05, 4.69) is 12.2 Å². The summed E-state index contributed by atoms with van der Waals surface area (Å²) in [5.74, 6) is -0.256. The largest absolute Gasteiger partial charge is 0.452 e. The molecule has 0 unspecified atom stereocenters. The first-order chi connectivity index (χ1) is 13.6. The second-order valence-corrected chi connectivity index (χ2v) is 8.24. The molecule has 0 aliphatic heterocycles. The minimum absolute atomic E-state index is 0.287. The Morgan fingerprint density at radius 3 is 2.93 bits per heavy atom. The van der Waals surface area contributed by atoms with Crippen molar-refractivity contribution < 1.29 is 14.3 Å². The van der Waals surface area contributed by atoms with Gasteiger partial charge in [-0.25, -0.2) is 4.79 Å². The van der Waals surface area contributed by atoms with E-state index >= 15 is 0 Å². The fourth-order valence-electron chi connectivity index (χ4n) is 3.65. The lowest BCUT2D eigenvalue weighted by Crippen LogP contribution is -2.28. The lowest BCUT2D eigenvalue weighted by atomic mass is 9.84. The molecule has 6 heteroatoms. The van der Waals surface area contributed by atoms with Crippen LogP contribution in [0.4, 0.5) is 0 Å². The summed E-state index contributed by atoms with van der Waals surface area (Å²) < 4.78 is 5.39. The van der Waals surface area contributed by atoms with Crippen molar-refractivity contribution in [3.05, 3.63) is 63.5 Å². The summed E-state index contributed by atoms with van der Waals surface area (Å²) in [5.41, 5.74) is 3.32. The van der Waals surface area contributed by atoms with E-state index in [4.69, 9.17) is 9.72 Å². The van der Waals surface area contributed by atoms with Gasteiger partial charge in [-0.15, -0.1) is 11.3 Å². The number of carbonyl (C=O) groups is 2. The van der Waals surface area contributed by atoms with Crippen molar-refractivity contribution in [3.63, 3.8) is 0 Å². The highest BCUT2D eigenvalue weighted by Gasteiger charge is 2.26. The number of benzene rings is 1. The van der Waals surface area contributed by atoms with Gasteiger partial charge in [-0.2, -0.15) is 0 Å². The van der Waals surface area contributed by atoms with Crippen LogP contribution in [0.2, 0.25) is 0 Å². The highest BCUT2D eigenvalue weighted by molar-refractivity contribution is 7.09. The fraction of sp³-hybridized carbons (Fsp3) is 0.318. The monoisotopic (exact) mass is 394 g/mol. The summed E-state index contributed by atoms with van der Waals surface area (Å²) in [7, 11) is 0. The third kappa shape index (κ3) is 3.92. The molecule has 1 aliphatic carbocycles. The van der Waals surface area contributed by atoms with E-state index in [1.165, 1.54) is 0 Å². The molecule has 1 amide bonds. The molecule has 3 aromatic rings. The van der Waals surface area contributed by atoms with E-state index in [0.29, 0.717) is 18.0 Å². The number of esters is 1. The van der Waals surface area contributed by atoms with Gasteiger partial charge in [0.15, 0.2) is 6.61 Å². The average Bonchev–Trinajstić information content (AvgIpc) is 3.22. The Hall–Kier alpha value is -2.73. The number of carbonyl (C=O) groups excluding carboxylic acids is 2. The highest BCUT2D eigenvalue weighted by atomic mass is 32.1. The number of hydrogen-bond acceptors (Lipinski definition) is 5. The third-order valence-electron chi connectivity index (χ3n) is 5.08. The van der Waals surface area contributed by atoms with Crippen LogP contribution in [0.25, 0.3) is 10.9 Å². The number of amides is 1. The van der Waals surface area contributed by atoms with E-state index in [-0.39, 0.29) is 12.5 Å². The average molecular weight is 394 g/mol. The lowest BCUT2D eigenvalue weighted by Gasteiger charge is -2.24. The predicted octanol–water partition coefficient (Wildman–Crippen LogP) is 3.89. The van der Waals surface area contributed by atoms with Gasteiger partial charge >= 0.3 is 5.97 Å². The standard InChI is InChI=1S/C22H22N2O3S/c1-14-8-9-19-17(11-14)21(16-6-2-3-7-18(16)24-19)22(26)27-13-20(25)23-12-15-5-4-10-28-15/h2-7,10,14H,8-9,11-13H2,1H3,(H,23,25)/t14-/m1/s1. The van der Waals surface area contributed by atoms with E-state index in [1.807, 2.05) is 41.8 Å². The number of pyridine rings is 1.